The van der Waals surface area contributed by atoms with E-state index < -0.39 is 0 Å². The fraction of sp³-hybridized carbons (Fsp3) is 0.476. The van der Waals surface area contributed by atoms with E-state index >= 15 is 0 Å². The van der Waals surface area contributed by atoms with Crippen molar-refractivity contribution in [2.75, 3.05) is 5.75 Å². The largest absolute Gasteiger partial charge is 0.349 e. The molecule has 0 saturated carbocycles. The van der Waals surface area contributed by atoms with Crippen molar-refractivity contribution < 1.29 is 4.79 Å². The summed E-state index contributed by atoms with van der Waals surface area (Å²) in [6.45, 7) is 12.4. The van der Waals surface area contributed by atoms with Crippen LogP contribution in [0.4, 0.5) is 0 Å². The predicted octanol–water partition coefficient (Wildman–Crippen LogP) is 4.57. The third kappa shape index (κ3) is 5.84. The van der Waals surface area contributed by atoms with E-state index in [1.807, 2.05) is 27.7 Å². The van der Waals surface area contributed by atoms with Gasteiger partial charge in [-0.1, -0.05) is 49.9 Å². The first kappa shape index (κ1) is 20.4. The molecule has 0 bridgehead atoms. The zero-order valence-electron chi connectivity index (χ0n) is 16.6. The van der Waals surface area contributed by atoms with Crippen molar-refractivity contribution in [3.63, 3.8) is 0 Å². The van der Waals surface area contributed by atoms with E-state index in [2.05, 4.69) is 53.4 Å². The standard InChI is InChI=1S/C21H29N3OS/c1-13(2)11-18-7-9-19(10-8-18)17(6)22-20(25)12-26-21-23-15(4)14(3)16(5)24-21/h7-10,13,17H,11-12H2,1-6H3,(H,22,25)/t17-/m0/s1. The third-order valence-corrected chi connectivity index (χ3v) is 5.29. The monoisotopic (exact) mass is 371 g/mol. The second-order valence-electron chi connectivity index (χ2n) is 7.22. The number of aromatic nitrogens is 2. The smallest absolute Gasteiger partial charge is 0.230 e. The summed E-state index contributed by atoms with van der Waals surface area (Å²) in [4.78, 5) is 21.2. The molecule has 1 aromatic carbocycles. The highest BCUT2D eigenvalue weighted by molar-refractivity contribution is 7.99. The number of carbonyl (C=O) groups excluding carboxylic acids is 1. The molecule has 26 heavy (non-hydrogen) atoms. The van der Waals surface area contributed by atoms with E-state index in [1.165, 1.54) is 17.3 Å². The lowest BCUT2D eigenvalue weighted by Gasteiger charge is -2.15. The van der Waals surface area contributed by atoms with Gasteiger partial charge in [-0.15, -0.1) is 0 Å². The highest BCUT2D eigenvalue weighted by Gasteiger charge is 2.12. The lowest BCUT2D eigenvalue weighted by molar-refractivity contribution is -0.119. The van der Waals surface area contributed by atoms with Crippen LogP contribution in [0.15, 0.2) is 29.4 Å². The zero-order chi connectivity index (χ0) is 19.3. The zero-order valence-corrected chi connectivity index (χ0v) is 17.4. The number of hydrogen-bond donors (Lipinski definition) is 1. The number of aryl methyl sites for hydroxylation is 2. The van der Waals surface area contributed by atoms with E-state index in [0.29, 0.717) is 16.8 Å². The number of hydrogen-bond acceptors (Lipinski definition) is 4. The molecule has 2 aromatic rings. The molecule has 4 nitrogen and oxygen atoms in total. The second kappa shape index (κ2) is 9.17. The van der Waals surface area contributed by atoms with Gasteiger partial charge in [0.05, 0.1) is 11.8 Å². The maximum atomic E-state index is 12.3. The third-order valence-electron chi connectivity index (χ3n) is 4.45. The average Bonchev–Trinajstić information content (AvgIpc) is 2.57. The molecule has 0 radical (unpaired) electrons. The normalized spacial score (nSPS) is 12.3. The summed E-state index contributed by atoms with van der Waals surface area (Å²) in [5.41, 5.74) is 5.49. The van der Waals surface area contributed by atoms with Crippen molar-refractivity contribution >= 4 is 17.7 Å². The van der Waals surface area contributed by atoms with Crippen LogP contribution in [0.3, 0.4) is 0 Å². The number of rotatable bonds is 7. The van der Waals surface area contributed by atoms with Crippen molar-refractivity contribution in [2.45, 2.75) is 59.2 Å². The Morgan fingerprint density at radius 2 is 1.62 bits per heavy atom. The number of thioether (sulfide) groups is 1. The minimum atomic E-state index is -0.0152. The second-order valence-corrected chi connectivity index (χ2v) is 8.16. The van der Waals surface area contributed by atoms with Crippen LogP contribution in [-0.4, -0.2) is 21.6 Å². The van der Waals surface area contributed by atoms with E-state index in [4.69, 9.17) is 0 Å². The van der Waals surface area contributed by atoms with Gasteiger partial charge in [0, 0.05) is 11.4 Å². The van der Waals surface area contributed by atoms with Gasteiger partial charge in [-0.05, 0) is 56.7 Å². The molecule has 1 heterocycles. The summed E-state index contributed by atoms with van der Waals surface area (Å²) >= 11 is 1.38. The quantitative estimate of drug-likeness (QED) is 0.572. The van der Waals surface area contributed by atoms with Crippen molar-refractivity contribution in [1.29, 1.82) is 0 Å². The summed E-state index contributed by atoms with van der Waals surface area (Å²) < 4.78 is 0. The van der Waals surface area contributed by atoms with Crippen LogP contribution in [-0.2, 0) is 11.2 Å². The summed E-state index contributed by atoms with van der Waals surface area (Å²) in [5, 5.41) is 3.71. The summed E-state index contributed by atoms with van der Waals surface area (Å²) in [6.07, 6.45) is 1.08. The molecule has 1 aromatic heterocycles. The SMILES string of the molecule is Cc1nc(SCC(=O)N[C@@H](C)c2ccc(CC(C)C)cc2)nc(C)c1C. The molecule has 0 aliphatic carbocycles. The Labute approximate surface area is 161 Å². The fourth-order valence-corrected chi connectivity index (χ4v) is 3.46. The van der Waals surface area contributed by atoms with Gasteiger partial charge < -0.3 is 5.32 Å². The van der Waals surface area contributed by atoms with Gasteiger partial charge in [0.15, 0.2) is 5.16 Å². The van der Waals surface area contributed by atoms with E-state index in [9.17, 15) is 4.79 Å². The van der Waals surface area contributed by atoms with Gasteiger partial charge in [-0.25, -0.2) is 9.97 Å². The maximum Gasteiger partial charge on any atom is 0.230 e. The Kier molecular flexibility index (Phi) is 7.21. The van der Waals surface area contributed by atoms with Gasteiger partial charge in [0.2, 0.25) is 5.91 Å². The van der Waals surface area contributed by atoms with Gasteiger partial charge in [0.1, 0.15) is 0 Å². The minimum Gasteiger partial charge on any atom is -0.349 e. The molecule has 1 atom stereocenters. The average molecular weight is 372 g/mol. The minimum absolute atomic E-state index is 0.00626. The van der Waals surface area contributed by atoms with Gasteiger partial charge in [-0.3, -0.25) is 4.79 Å². The van der Waals surface area contributed by atoms with Crippen LogP contribution in [0.25, 0.3) is 0 Å². The van der Waals surface area contributed by atoms with Crippen LogP contribution in [0, 0.1) is 26.7 Å². The maximum absolute atomic E-state index is 12.3. The Morgan fingerprint density at radius 1 is 1.04 bits per heavy atom. The topological polar surface area (TPSA) is 54.9 Å². The molecule has 0 spiro atoms. The molecule has 0 aliphatic rings. The van der Waals surface area contributed by atoms with E-state index in [1.54, 1.807) is 0 Å². The predicted molar refractivity (Wildman–Crippen MR) is 109 cm³/mol. The first-order valence-electron chi connectivity index (χ1n) is 9.09. The lowest BCUT2D eigenvalue weighted by atomic mass is 10.00. The highest BCUT2D eigenvalue weighted by Crippen LogP contribution is 2.18. The first-order valence-corrected chi connectivity index (χ1v) is 10.1. The Balaban J connectivity index is 1.89. The first-order chi connectivity index (χ1) is 12.3. The van der Waals surface area contributed by atoms with Gasteiger partial charge >= 0.3 is 0 Å². The van der Waals surface area contributed by atoms with Crippen molar-refractivity contribution in [3.8, 4) is 0 Å². The number of carbonyl (C=O) groups is 1. The van der Waals surface area contributed by atoms with Crippen molar-refractivity contribution in [2.24, 2.45) is 5.92 Å². The Bertz CT molecular complexity index is 733. The molecule has 1 N–H and O–H groups in total. The molecule has 1 amide bonds. The van der Waals surface area contributed by atoms with Crippen LogP contribution in [0.1, 0.15) is 54.9 Å². The van der Waals surface area contributed by atoms with Crippen molar-refractivity contribution in [1.82, 2.24) is 15.3 Å². The molecule has 0 fully saturated rings. The van der Waals surface area contributed by atoms with Crippen LogP contribution in [0.5, 0.6) is 0 Å². The summed E-state index contributed by atoms with van der Waals surface area (Å²) in [6, 6.07) is 8.49. The Hall–Kier alpha value is -1.88. The number of amides is 1. The van der Waals surface area contributed by atoms with E-state index in [-0.39, 0.29) is 11.9 Å². The molecule has 0 aliphatic heterocycles. The molecule has 0 unspecified atom stereocenters. The molecule has 0 saturated heterocycles. The summed E-state index contributed by atoms with van der Waals surface area (Å²) in [5.74, 6) is 0.956. The molecule has 140 valence electrons. The van der Waals surface area contributed by atoms with Crippen LogP contribution in [0.2, 0.25) is 0 Å². The fourth-order valence-electron chi connectivity index (χ4n) is 2.72. The van der Waals surface area contributed by atoms with E-state index in [0.717, 1.165) is 28.9 Å². The van der Waals surface area contributed by atoms with Gasteiger partial charge in [-0.2, -0.15) is 0 Å². The lowest BCUT2D eigenvalue weighted by Crippen LogP contribution is -2.28. The molecular weight excluding hydrogens is 342 g/mol. The summed E-state index contributed by atoms with van der Waals surface area (Å²) in [7, 11) is 0. The molecule has 2 rings (SSSR count). The number of benzene rings is 1. The number of nitrogens with one attached hydrogen (secondary N) is 1. The molecule has 5 heteroatoms. The van der Waals surface area contributed by atoms with Crippen LogP contribution >= 0.6 is 11.8 Å². The number of nitrogens with zero attached hydrogens (tertiary/aromatic N) is 2. The van der Waals surface area contributed by atoms with Crippen LogP contribution < -0.4 is 5.32 Å². The van der Waals surface area contributed by atoms with Gasteiger partial charge in [0.25, 0.3) is 0 Å². The molecular formula is C21H29N3OS. The highest BCUT2D eigenvalue weighted by atomic mass is 32.2. The Morgan fingerprint density at radius 3 is 2.15 bits per heavy atom. The van der Waals surface area contributed by atoms with Crippen molar-refractivity contribution in [3.05, 3.63) is 52.3 Å².